The molecule has 2 amide bonds. The second-order valence-corrected chi connectivity index (χ2v) is 10.3. The van der Waals surface area contributed by atoms with Gasteiger partial charge in [0.1, 0.15) is 12.6 Å². The van der Waals surface area contributed by atoms with E-state index in [0.29, 0.717) is 6.54 Å². The molecule has 0 heterocycles. The summed E-state index contributed by atoms with van der Waals surface area (Å²) in [6.45, 7) is 0.591. The molecule has 0 aromatic heterocycles. The number of ether oxygens (including phenoxy) is 1. The number of hydrogen-bond acceptors (Lipinski definition) is 4. The smallest absolute Gasteiger partial charge is 0.407 e. The van der Waals surface area contributed by atoms with Gasteiger partial charge in [0, 0.05) is 18.9 Å². The Bertz CT molecular complexity index is 1080. The average molecular weight is 477 g/mol. The van der Waals surface area contributed by atoms with E-state index in [-0.39, 0.29) is 36.2 Å². The van der Waals surface area contributed by atoms with Crippen LogP contribution in [0.4, 0.5) is 4.79 Å². The lowest BCUT2D eigenvalue weighted by Gasteiger charge is -2.42. The highest BCUT2D eigenvalue weighted by Crippen LogP contribution is 2.45. The van der Waals surface area contributed by atoms with Crippen molar-refractivity contribution >= 4 is 18.0 Å². The van der Waals surface area contributed by atoms with E-state index in [9.17, 15) is 19.5 Å². The summed E-state index contributed by atoms with van der Waals surface area (Å²) in [5.74, 6) is -1.20. The van der Waals surface area contributed by atoms with Gasteiger partial charge in [0.05, 0.1) is 0 Å². The Morgan fingerprint density at radius 2 is 1.60 bits per heavy atom. The minimum absolute atomic E-state index is 0.00366. The maximum atomic E-state index is 12.7. The van der Waals surface area contributed by atoms with Crippen LogP contribution in [0.3, 0.4) is 0 Å². The molecule has 184 valence electrons. The summed E-state index contributed by atoms with van der Waals surface area (Å²) in [5, 5.41) is 15.1. The van der Waals surface area contributed by atoms with Crippen LogP contribution in [-0.2, 0) is 14.3 Å². The molecule has 7 nitrogen and oxygen atoms in total. The van der Waals surface area contributed by atoms with E-state index in [1.54, 1.807) is 0 Å². The fourth-order valence-electron chi connectivity index (χ4n) is 5.72. The molecule has 3 N–H and O–H groups in total. The Hall–Kier alpha value is -3.35. The molecular weight excluding hydrogens is 444 g/mol. The van der Waals surface area contributed by atoms with E-state index < -0.39 is 18.1 Å². The van der Waals surface area contributed by atoms with Gasteiger partial charge < -0.3 is 20.5 Å². The van der Waals surface area contributed by atoms with Crippen LogP contribution >= 0.6 is 0 Å². The number of carboxylic acids is 1. The van der Waals surface area contributed by atoms with Gasteiger partial charge in [-0.15, -0.1) is 0 Å². The maximum Gasteiger partial charge on any atom is 0.407 e. The molecular formula is C28H32N2O5. The molecule has 1 atom stereocenters. The Balaban J connectivity index is 1.14. The van der Waals surface area contributed by atoms with Crippen molar-refractivity contribution in [1.29, 1.82) is 0 Å². The number of aliphatic carboxylic acids is 1. The van der Waals surface area contributed by atoms with Gasteiger partial charge in [0.25, 0.3) is 0 Å². The number of nitrogens with one attached hydrogen (secondary N) is 2. The van der Waals surface area contributed by atoms with Gasteiger partial charge in [-0.2, -0.15) is 0 Å². The monoisotopic (exact) mass is 476 g/mol. The normalized spacial score (nSPS) is 18.9. The van der Waals surface area contributed by atoms with Crippen LogP contribution in [-0.4, -0.2) is 42.3 Å². The molecule has 2 aromatic carbocycles. The largest absolute Gasteiger partial charge is 0.480 e. The molecule has 1 unspecified atom stereocenters. The van der Waals surface area contributed by atoms with Crippen LogP contribution < -0.4 is 10.6 Å². The third kappa shape index (κ3) is 4.77. The predicted octanol–water partition coefficient (Wildman–Crippen LogP) is 4.46. The third-order valence-corrected chi connectivity index (χ3v) is 8.10. The van der Waals surface area contributed by atoms with Gasteiger partial charge in [-0.05, 0) is 59.3 Å². The predicted molar refractivity (Wildman–Crippen MR) is 131 cm³/mol. The van der Waals surface area contributed by atoms with Gasteiger partial charge >= 0.3 is 12.1 Å². The van der Waals surface area contributed by atoms with Crippen LogP contribution in [0.1, 0.15) is 62.0 Å². The molecule has 35 heavy (non-hydrogen) atoms. The highest BCUT2D eigenvalue weighted by atomic mass is 16.5. The molecule has 3 aliphatic carbocycles. The molecule has 2 fully saturated rings. The van der Waals surface area contributed by atoms with Crippen molar-refractivity contribution in [2.24, 2.45) is 11.3 Å². The number of carboxylic acid groups (broad SMARTS) is 1. The number of amides is 2. The highest BCUT2D eigenvalue weighted by Gasteiger charge is 2.41. The number of benzene rings is 2. The van der Waals surface area contributed by atoms with Crippen molar-refractivity contribution in [2.45, 2.75) is 56.9 Å². The highest BCUT2D eigenvalue weighted by molar-refractivity contribution is 5.84. The van der Waals surface area contributed by atoms with Crippen molar-refractivity contribution in [3.8, 4) is 11.1 Å². The zero-order valence-electron chi connectivity index (χ0n) is 19.8. The number of hydrogen-bond donors (Lipinski definition) is 3. The molecule has 7 heteroatoms. The summed E-state index contributed by atoms with van der Waals surface area (Å²) in [4.78, 5) is 36.8. The molecule has 0 spiro atoms. The summed E-state index contributed by atoms with van der Waals surface area (Å²) in [6, 6.07) is 15.6. The molecule has 0 radical (unpaired) electrons. The van der Waals surface area contributed by atoms with E-state index in [4.69, 9.17) is 4.74 Å². The zero-order valence-corrected chi connectivity index (χ0v) is 19.8. The van der Waals surface area contributed by atoms with Crippen molar-refractivity contribution < 1.29 is 24.2 Å². The first kappa shape index (κ1) is 23.4. The minimum atomic E-state index is -0.970. The SMILES string of the molecule is O=C(CC1(CNC(=O)OCC2c3ccccc3-c3ccccc32)CCC1)NC(C(=O)O)C1CCC1. The first-order chi connectivity index (χ1) is 17.0. The Kier molecular flexibility index (Phi) is 6.50. The maximum absolute atomic E-state index is 12.7. The summed E-state index contributed by atoms with van der Waals surface area (Å²) < 4.78 is 5.63. The summed E-state index contributed by atoms with van der Waals surface area (Å²) >= 11 is 0. The number of alkyl carbamates (subject to hydrolysis) is 1. The second-order valence-electron chi connectivity index (χ2n) is 10.3. The van der Waals surface area contributed by atoms with E-state index in [0.717, 1.165) is 49.7 Å². The first-order valence-corrected chi connectivity index (χ1v) is 12.6. The molecule has 0 aliphatic heterocycles. The summed E-state index contributed by atoms with van der Waals surface area (Å²) in [7, 11) is 0. The van der Waals surface area contributed by atoms with Crippen LogP contribution in [0, 0.1) is 11.3 Å². The lowest BCUT2D eigenvalue weighted by Crippen LogP contribution is -2.51. The van der Waals surface area contributed by atoms with Gasteiger partial charge in [-0.25, -0.2) is 9.59 Å². The minimum Gasteiger partial charge on any atom is -0.480 e. The molecule has 0 bridgehead atoms. The quantitative estimate of drug-likeness (QED) is 0.496. The fourth-order valence-corrected chi connectivity index (χ4v) is 5.72. The van der Waals surface area contributed by atoms with Crippen LogP contribution in [0.25, 0.3) is 11.1 Å². The average Bonchev–Trinajstić information content (AvgIpc) is 3.11. The number of rotatable bonds is 9. The van der Waals surface area contributed by atoms with Crippen molar-refractivity contribution in [1.82, 2.24) is 10.6 Å². The Morgan fingerprint density at radius 1 is 0.971 bits per heavy atom. The molecule has 0 saturated heterocycles. The second kappa shape index (κ2) is 9.72. The lowest BCUT2D eigenvalue weighted by atomic mass is 9.66. The van der Waals surface area contributed by atoms with Crippen LogP contribution in [0.2, 0.25) is 0 Å². The topological polar surface area (TPSA) is 105 Å². The van der Waals surface area contributed by atoms with Crippen molar-refractivity contribution in [3.63, 3.8) is 0 Å². The van der Waals surface area contributed by atoms with Crippen LogP contribution in [0.5, 0.6) is 0 Å². The van der Waals surface area contributed by atoms with E-state index in [1.807, 2.05) is 24.3 Å². The number of carbonyl (C=O) groups excluding carboxylic acids is 2. The summed E-state index contributed by atoms with van der Waals surface area (Å²) in [5.41, 5.74) is 4.34. The fraction of sp³-hybridized carbons (Fsp3) is 0.464. The summed E-state index contributed by atoms with van der Waals surface area (Å²) in [6.07, 6.45) is 5.06. The Morgan fingerprint density at radius 3 is 2.11 bits per heavy atom. The van der Waals surface area contributed by atoms with Crippen LogP contribution in [0.15, 0.2) is 48.5 Å². The molecule has 3 aliphatic rings. The molecule has 2 aromatic rings. The first-order valence-electron chi connectivity index (χ1n) is 12.6. The Labute approximate surface area is 205 Å². The van der Waals surface area contributed by atoms with Gasteiger partial charge in [0.2, 0.25) is 5.91 Å². The van der Waals surface area contributed by atoms with Gasteiger partial charge in [-0.3, -0.25) is 4.79 Å². The third-order valence-electron chi connectivity index (χ3n) is 8.10. The lowest BCUT2D eigenvalue weighted by molar-refractivity contribution is -0.145. The zero-order chi connectivity index (χ0) is 24.4. The van der Waals surface area contributed by atoms with Gasteiger partial charge in [0.15, 0.2) is 0 Å². The van der Waals surface area contributed by atoms with E-state index in [1.165, 1.54) is 11.1 Å². The van der Waals surface area contributed by atoms with Gasteiger partial charge in [-0.1, -0.05) is 61.4 Å². The number of fused-ring (bicyclic) bond motifs is 3. The van der Waals surface area contributed by atoms with Crippen molar-refractivity contribution in [2.75, 3.05) is 13.2 Å². The van der Waals surface area contributed by atoms with Crippen molar-refractivity contribution in [3.05, 3.63) is 59.7 Å². The molecule has 5 rings (SSSR count). The standard InChI is InChI=1S/C28H32N2O5/c31-24(30-25(26(32)33)18-7-5-8-18)15-28(13-6-14-28)17-29-27(34)35-16-23-21-11-3-1-9-19(21)20-10-2-4-12-22(20)23/h1-4,9-12,18,23,25H,5-8,13-17H2,(H,29,34)(H,30,31)(H,32,33). The van der Waals surface area contributed by atoms with E-state index in [2.05, 4.69) is 34.9 Å². The molecule has 2 saturated carbocycles. The number of carbonyl (C=O) groups is 3. The van der Waals surface area contributed by atoms with E-state index >= 15 is 0 Å².